The average molecular weight is 446 g/mol. The van der Waals surface area contributed by atoms with E-state index in [0.717, 1.165) is 36.2 Å². The van der Waals surface area contributed by atoms with Gasteiger partial charge in [0.05, 0.1) is 6.61 Å². The van der Waals surface area contributed by atoms with Crippen LogP contribution in [0.2, 0.25) is 0 Å². The van der Waals surface area contributed by atoms with Crippen molar-refractivity contribution < 1.29 is 13.9 Å². The zero-order chi connectivity index (χ0) is 21.3. The molecule has 0 N–H and O–H groups in total. The van der Waals surface area contributed by atoms with Crippen LogP contribution in [0.5, 0.6) is 0 Å². The van der Waals surface area contributed by atoms with Crippen molar-refractivity contribution in [1.82, 2.24) is 14.8 Å². The van der Waals surface area contributed by atoms with Crippen molar-refractivity contribution in [1.29, 1.82) is 0 Å². The highest BCUT2D eigenvalue weighted by Gasteiger charge is 2.35. The Morgan fingerprint density at radius 1 is 1.20 bits per heavy atom. The molecule has 0 amide bonds. The zero-order valence-corrected chi connectivity index (χ0v) is 18.9. The van der Waals surface area contributed by atoms with Crippen LogP contribution in [0.25, 0.3) is 15.4 Å². The molecule has 5 nitrogen and oxygen atoms in total. The average Bonchev–Trinajstić information content (AvgIpc) is 3.29. The third-order valence-corrected chi connectivity index (χ3v) is 7.58. The van der Waals surface area contributed by atoms with Gasteiger partial charge in [-0.2, -0.15) is 4.39 Å². The van der Waals surface area contributed by atoms with E-state index >= 15 is 0 Å². The molecule has 3 aromatic rings. The Balaban J connectivity index is 1.80. The van der Waals surface area contributed by atoms with Crippen molar-refractivity contribution in [3.63, 3.8) is 0 Å². The van der Waals surface area contributed by atoms with E-state index in [4.69, 9.17) is 4.74 Å². The predicted octanol–water partition coefficient (Wildman–Crippen LogP) is 5.45. The monoisotopic (exact) mass is 445 g/mol. The first-order valence-electron chi connectivity index (χ1n) is 10.1. The van der Waals surface area contributed by atoms with E-state index < -0.39 is 10.8 Å². The van der Waals surface area contributed by atoms with Gasteiger partial charge in [-0.1, -0.05) is 47.2 Å². The second-order valence-corrected chi connectivity index (χ2v) is 10.3. The van der Waals surface area contributed by atoms with Crippen LogP contribution >= 0.6 is 23.1 Å². The molecule has 1 aliphatic rings. The van der Waals surface area contributed by atoms with Crippen molar-refractivity contribution in [3.05, 3.63) is 47.5 Å². The molecule has 2 heterocycles. The van der Waals surface area contributed by atoms with E-state index in [-0.39, 0.29) is 5.97 Å². The van der Waals surface area contributed by atoms with Gasteiger partial charge in [0, 0.05) is 4.88 Å². The number of hydrogen-bond acceptors (Lipinski definition) is 6. The van der Waals surface area contributed by atoms with Gasteiger partial charge in [0.1, 0.15) is 9.75 Å². The third-order valence-electron chi connectivity index (χ3n) is 5.15. The minimum absolute atomic E-state index is 0.294. The fraction of sp³-hybridized carbons (Fsp3) is 0.409. The van der Waals surface area contributed by atoms with Crippen LogP contribution in [0.15, 0.2) is 35.5 Å². The molecular formula is C22H24FN3O2S2. The van der Waals surface area contributed by atoms with Crippen molar-refractivity contribution in [2.24, 2.45) is 0 Å². The molecule has 0 spiro atoms. The minimum Gasteiger partial charge on any atom is -0.465 e. The second-order valence-electron chi connectivity index (χ2n) is 7.69. The summed E-state index contributed by atoms with van der Waals surface area (Å²) < 4.78 is 20.6. The molecule has 4 rings (SSSR count). The quantitative estimate of drug-likeness (QED) is 0.373. The van der Waals surface area contributed by atoms with Gasteiger partial charge in [-0.3, -0.25) is 4.79 Å². The number of benzene rings is 1. The van der Waals surface area contributed by atoms with E-state index in [1.165, 1.54) is 32.3 Å². The number of carbonyl (C=O) groups excluding carboxylic acids is 1. The van der Waals surface area contributed by atoms with Crippen molar-refractivity contribution in [2.45, 2.75) is 56.4 Å². The summed E-state index contributed by atoms with van der Waals surface area (Å²) in [5.41, 5.74) is 3.60. The number of hydrogen-bond donors (Lipinski definition) is 0. The Bertz CT molecular complexity index is 1060. The van der Waals surface area contributed by atoms with Crippen molar-refractivity contribution in [3.8, 4) is 15.4 Å². The first kappa shape index (κ1) is 21.1. The smallest absolute Gasteiger partial charge is 0.322 e. The fourth-order valence-corrected chi connectivity index (χ4v) is 6.07. The number of ether oxygens (including phenoxy) is 1. The highest BCUT2D eigenvalue weighted by Crippen LogP contribution is 2.44. The lowest BCUT2D eigenvalue weighted by molar-refractivity contribution is -0.145. The van der Waals surface area contributed by atoms with E-state index in [0.29, 0.717) is 11.8 Å². The third kappa shape index (κ3) is 3.90. The van der Waals surface area contributed by atoms with Crippen LogP contribution in [-0.2, 0) is 22.4 Å². The molecule has 0 aliphatic heterocycles. The zero-order valence-electron chi connectivity index (χ0n) is 17.3. The summed E-state index contributed by atoms with van der Waals surface area (Å²) in [5, 5.41) is 8.92. The van der Waals surface area contributed by atoms with Gasteiger partial charge in [0.25, 0.3) is 0 Å². The first-order valence-corrected chi connectivity index (χ1v) is 11.7. The maximum absolute atomic E-state index is 14.9. The Hall–Kier alpha value is -2.19. The van der Waals surface area contributed by atoms with Gasteiger partial charge in [-0.25, -0.2) is 4.57 Å². The molecule has 0 unspecified atom stereocenters. The molecule has 0 fully saturated rings. The number of halogens is 1. The number of nitrogens with zero attached hydrogens (tertiary/aromatic N) is 3. The van der Waals surface area contributed by atoms with E-state index in [1.54, 1.807) is 32.1 Å². The molecule has 1 aliphatic carbocycles. The summed E-state index contributed by atoms with van der Waals surface area (Å²) in [6.45, 7) is 5.57. The van der Waals surface area contributed by atoms with E-state index in [9.17, 15) is 9.18 Å². The maximum atomic E-state index is 14.9. The Morgan fingerprint density at radius 3 is 2.60 bits per heavy atom. The van der Waals surface area contributed by atoms with Crippen LogP contribution in [0.4, 0.5) is 4.39 Å². The van der Waals surface area contributed by atoms with Gasteiger partial charge in [0.15, 0.2) is 5.16 Å². The van der Waals surface area contributed by atoms with Crippen molar-refractivity contribution >= 4 is 29.1 Å². The molecule has 2 aromatic heterocycles. The summed E-state index contributed by atoms with van der Waals surface area (Å²) in [7, 11) is 0. The van der Waals surface area contributed by atoms with Crippen LogP contribution in [0.1, 0.15) is 44.7 Å². The number of esters is 1. The molecule has 0 saturated carbocycles. The molecule has 158 valence electrons. The first-order chi connectivity index (χ1) is 14.4. The van der Waals surface area contributed by atoms with E-state index in [1.807, 2.05) is 18.2 Å². The summed E-state index contributed by atoms with van der Waals surface area (Å²) in [6, 6.07) is 10.2. The number of rotatable bonds is 6. The van der Waals surface area contributed by atoms with Gasteiger partial charge < -0.3 is 4.74 Å². The van der Waals surface area contributed by atoms with Gasteiger partial charge >= 0.3 is 12.0 Å². The molecular weight excluding hydrogens is 421 g/mol. The summed E-state index contributed by atoms with van der Waals surface area (Å²) in [4.78, 5) is 13.5. The number of carbonyl (C=O) groups is 1. The van der Waals surface area contributed by atoms with Gasteiger partial charge in [0.2, 0.25) is 0 Å². The van der Waals surface area contributed by atoms with Crippen LogP contribution in [0.3, 0.4) is 0 Å². The summed E-state index contributed by atoms with van der Waals surface area (Å²) >= 11 is 2.75. The maximum Gasteiger partial charge on any atom is 0.322 e. The number of aromatic nitrogens is 3. The minimum atomic E-state index is -0.910. The number of thiophene rings is 1. The van der Waals surface area contributed by atoms with Crippen molar-refractivity contribution in [2.75, 3.05) is 6.61 Å². The van der Waals surface area contributed by atoms with E-state index in [2.05, 4.69) is 22.3 Å². The van der Waals surface area contributed by atoms with Crippen LogP contribution < -0.4 is 0 Å². The molecule has 8 heteroatoms. The lowest BCUT2D eigenvalue weighted by atomic mass is 9.91. The molecule has 1 aromatic carbocycles. The lowest BCUT2D eigenvalue weighted by Crippen LogP contribution is -2.30. The topological polar surface area (TPSA) is 57.0 Å². The van der Waals surface area contributed by atoms with Gasteiger partial charge in [-0.15, -0.1) is 16.4 Å². The van der Waals surface area contributed by atoms with Gasteiger partial charge in [-0.05, 0) is 63.1 Å². The van der Waals surface area contributed by atoms with Crippen LogP contribution in [0, 0.1) is 6.08 Å². The normalized spacial score (nSPS) is 13.9. The predicted molar refractivity (Wildman–Crippen MR) is 118 cm³/mol. The lowest BCUT2D eigenvalue weighted by Gasteiger charge is -2.21. The standard InChI is InChI=1S/C22H24FN3O2S2/c1-4-28-19(27)22(2,3)30-21-25-24-20(23)26(21)18-16-13-9-8-12-15(16)17(29-18)14-10-6-5-7-11-14/h5-7,10-11H,4,8-9,12-13H2,1-3H3. The number of thioether (sulfide) groups is 1. The molecule has 30 heavy (non-hydrogen) atoms. The number of fused-ring (bicyclic) bond motifs is 1. The fourth-order valence-electron chi connectivity index (χ4n) is 3.68. The SMILES string of the molecule is CCOC(=O)C(C)(C)Sc1nnc(F)n1-c1sc(-c2ccccc2)c2c1CCCC2. The highest BCUT2D eigenvalue weighted by atomic mass is 32.2. The largest absolute Gasteiger partial charge is 0.465 e. The molecule has 0 radical (unpaired) electrons. The molecule has 0 saturated heterocycles. The van der Waals surface area contributed by atoms with Crippen LogP contribution in [-0.4, -0.2) is 32.1 Å². The molecule has 0 bridgehead atoms. The summed E-state index contributed by atoms with van der Waals surface area (Å²) in [5.74, 6) is -0.358. The molecule has 0 atom stereocenters. The second kappa shape index (κ2) is 8.51. The Labute approximate surface area is 183 Å². The Morgan fingerprint density at radius 2 is 1.90 bits per heavy atom. The Kier molecular flexibility index (Phi) is 5.97. The summed E-state index contributed by atoms with van der Waals surface area (Å²) in [6.07, 6.45) is 3.43. The highest BCUT2D eigenvalue weighted by molar-refractivity contribution is 8.01.